The minimum Gasteiger partial charge on any atom is -0.408 e. The van der Waals surface area contributed by atoms with Gasteiger partial charge in [-0.15, -0.1) is 0 Å². The maximum atomic E-state index is 12.6. The van der Waals surface area contributed by atoms with E-state index in [1.807, 2.05) is 4.90 Å². The summed E-state index contributed by atoms with van der Waals surface area (Å²) >= 11 is 0. The minimum absolute atomic E-state index is 0.00315. The van der Waals surface area contributed by atoms with E-state index in [0.29, 0.717) is 49.3 Å². The van der Waals surface area contributed by atoms with Gasteiger partial charge in [-0.2, -0.15) is 0 Å². The number of nitrogens with zero attached hydrogens (tertiary/aromatic N) is 2. The first-order chi connectivity index (χ1) is 16.2. The summed E-state index contributed by atoms with van der Waals surface area (Å²) in [5.74, 6) is -0.525. The van der Waals surface area contributed by atoms with Crippen LogP contribution in [0.3, 0.4) is 0 Å². The van der Waals surface area contributed by atoms with Crippen LogP contribution in [0.15, 0.2) is 51.7 Å². The number of nitrogens with one attached hydrogen (secondary N) is 2. The number of benzene rings is 2. The molecule has 1 aliphatic heterocycles. The van der Waals surface area contributed by atoms with E-state index in [2.05, 4.69) is 60.2 Å². The normalized spacial score (nSPS) is 15.0. The molecule has 2 N–H and O–H groups in total. The summed E-state index contributed by atoms with van der Waals surface area (Å²) in [5, 5.41) is 3.01. The number of hydrogen-bond acceptors (Lipinski definition) is 5. The molecule has 0 saturated carbocycles. The van der Waals surface area contributed by atoms with Crippen LogP contribution in [0.4, 0.5) is 4.79 Å². The average Bonchev–Trinajstić information content (AvgIpc) is 3.20. The van der Waals surface area contributed by atoms with Crippen LogP contribution in [-0.2, 0) is 12.0 Å². The lowest BCUT2D eigenvalue weighted by Gasteiger charge is -2.34. The van der Waals surface area contributed by atoms with E-state index in [-0.39, 0.29) is 17.2 Å². The van der Waals surface area contributed by atoms with Crippen molar-refractivity contribution in [2.45, 2.75) is 39.2 Å². The van der Waals surface area contributed by atoms with Crippen LogP contribution < -0.4 is 11.1 Å². The molecule has 1 aromatic heterocycles. The number of urea groups is 1. The lowest BCUT2D eigenvalue weighted by atomic mass is 9.87. The Hall–Kier alpha value is -3.39. The highest BCUT2D eigenvalue weighted by atomic mass is 16.4. The second-order valence-corrected chi connectivity index (χ2v) is 9.83. The molecule has 0 bridgehead atoms. The largest absolute Gasteiger partial charge is 0.417 e. The first-order valence-corrected chi connectivity index (χ1v) is 11.7. The zero-order valence-electron chi connectivity index (χ0n) is 20.0. The predicted octanol–water partition coefficient (Wildman–Crippen LogP) is 3.52. The van der Waals surface area contributed by atoms with Gasteiger partial charge in [0.05, 0.1) is 5.52 Å². The molecule has 0 unspecified atom stereocenters. The van der Waals surface area contributed by atoms with Gasteiger partial charge in [-0.1, -0.05) is 45.0 Å². The van der Waals surface area contributed by atoms with E-state index >= 15 is 0 Å². The van der Waals surface area contributed by atoms with E-state index in [9.17, 15) is 14.4 Å². The molecule has 2 amide bonds. The van der Waals surface area contributed by atoms with Gasteiger partial charge in [0.1, 0.15) is 0 Å². The molecule has 8 nitrogen and oxygen atoms in total. The second kappa shape index (κ2) is 9.85. The van der Waals surface area contributed by atoms with Crippen LogP contribution in [0.25, 0.3) is 11.1 Å². The zero-order chi connectivity index (χ0) is 24.3. The summed E-state index contributed by atoms with van der Waals surface area (Å²) in [6, 6.07) is 13.3. The number of Topliss-reactive ketones (excluding diaryl/α,β-unsaturated/α-hetero) is 1. The zero-order valence-corrected chi connectivity index (χ0v) is 20.0. The molecule has 1 saturated heterocycles. The van der Waals surface area contributed by atoms with Gasteiger partial charge < -0.3 is 14.6 Å². The Balaban J connectivity index is 1.20. The van der Waals surface area contributed by atoms with Crippen LogP contribution in [0, 0.1) is 0 Å². The van der Waals surface area contributed by atoms with Crippen molar-refractivity contribution >= 4 is 22.9 Å². The van der Waals surface area contributed by atoms with Gasteiger partial charge in [0.2, 0.25) is 0 Å². The van der Waals surface area contributed by atoms with E-state index in [0.717, 1.165) is 18.7 Å². The monoisotopic (exact) mass is 464 g/mol. The number of carbonyl (C=O) groups excluding carboxylic acids is 2. The molecule has 2 heterocycles. The lowest BCUT2D eigenvalue weighted by molar-refractivity contribution is 0.0939. The standard InChI is InChI=1S/C26H32N4O4/c1-26(2,3)20-7-4-18(5-8-20)17-27-24(32)30-14-12-29(13-15-30)11-10-22(31)19-6-9-21-23(16-19)34-25(33)28-21/h4-9,16H,10-15,17H2,1-3H3,(H,27,32)(H,28,33). The lowest BCUT2D eigenvalue weighted by Crippen LogP contribution is -2.51. The number of H-pyrrole nitrogens is 1. The number of fused-ring (bicyclic) bond motifs is 1. The van der Waals surface area contributed by atoms with Gasteiger partial charge in [-0.3, -0.25) is 14.7 Å². The van der Waals surface area contributed by atoms with Gasteiger partial charge in [0.25, 0.3) is 0 Å². The smallest absolute Gasteiger partial charge is 0.408 e. The highest BCUT2D eigenvalue weighted by Crippen LogP contribution is 2.22. The van der Waals surface area contributed by atoms with Crippen molar-refractivity contribution in [3.05, 3.63) is 69.7 Å². The number of carbonyl (C=O) groups is 2. The molecule has 0 radical (unpaired) electrons. The number of hydrogen-bond donors (Lipinski definition) is 2. The first kappa shape index (κ1) is 23.8. The molecule has 3 aromatic rings. The molecule has 4 rings (SSSR count). The van der Waals surface area contributed by atoms with Gasteiger partial charge in [-0.05, 0) is 34.7 Å². The number of piperazine rings is 1. The van der Waals surface area contributed by atoms with Crippen molar-refractivity contribution < 1.29 is 14.0 Å². The molecule has 180 valence electrons. The summed E-state index contributed by atoms with van der Waals surface area (Å²) in [6.07, 6.45) is 0.372. The topological polar surface area (TPSA) is 98.6 Å². The van der Waals surface area contributed by atoms with Crippen molar-refractivity contribution in [2.75, 3.05) is 32.7 Å². The maximum absolute atomic E-state index is 12.6. The molecule has 0 aliphatic carbocycles. The number of aromatic nitrogens is 1. The van der Waals surface area contributed by atoms with E-state index < -0.39 is 5.76 Å². The highest BCUT2D eigenvalue weighted by Gasteiger charge is 2.22. The highest BCUT2D eigenvalue weighted by molar-refractivity contribution is 5.98. The Kier molecular flexibility index (Phi) is 6.88. The SMILES string of the molecule is CC(C)(C)c1ccc(CNC(=O)N2CCN(CCC(=O)c3ccc4[nH]c(=O)oc4c3)CC2)cc1. The fourth-order valence-electron chi connectivity index (χ4n) is 4.11. The molecule has 1 aliphatic rings. The number of rotatable bonds is 6. The average molecular weight is 465 g/mol. The molecule has 1 fully saturated rings. The van der Waals surface area contributed by atoms with Crippen molar-refractivity contribution in [2.24, 2.45) is 0 Å². The maximum Gasteiger partial charge on any atom is 0.417 e. The van der Waals surface area contributed by atoms with Gasteiger partial charge in [0.15, 0.2) is 11.4 Å². The van der Waals surface area contributed by atoms with Crippen LogP contribution >= 0.6 is 0 Å². The van der Waals surface area contributed by atoms with Gasteiger partial charge in [0, 0.05) is 51.3 Å². The summed E-state index contributed by atoms with van der Waals surface area (Å²) in [5.41, 5.74) is 3.96. The molecule has 8 heteroatoms. The predicted molar refractivity (Wildman–Crippen MR) is 131 cm³/mol. The molecule has 0 atom stereocenters. The molecule has 0 spiro atoms. The van der Waals surface area contributed by atoms with Crippen molar-refractivity contribution in [3.63, 3.8) is 0 Å². The Labute approximate surface area is 198 Å². The molecular formula is C26H32N4O4. The Morgan fingerprint density at radius 3 is 2.41 bits per heavy atom. The van der Waals surface area contributed by atoms with Crippen molar-refractivity contribution in [1.29, 1.82) is 0 Å². The number of aromatic amines is 1. The fraction of sp³-hybridized carbons (Fsp3) is 0.423. The molecular weight excluding hydrogens is 432 g/mol. The third-order valence-electron chi connectivity index (χ3n) is 6.32. The van der Waals surface area contributed by atoms with Gasteiger partial charge in [-0.25, -0.2) is 9.59 Å². The first-order valence-electron chi connectivity index (χ1n) is 11.7. The quantitative estimate of drug-likeness (QED) is 0.544. The summed E-state index contributed by atoms with van der Waals surface area (Å²) in [7, 11) is 0. The second-order valence-electron chi connectivity index (χ2n) is 9.83. The van der Waals surface area contributed by atoms with E-state index in [1.165, 1.54) is 5.56 Å². The third kappa shape index (κ3) is 5.75. The fourth-order valence-corrected chi connectivity index (χ4v) is 4.11. The van der Waals surface area contributed by atoms with Gasteiger partial charge >= 0.3 is 11.8 Å². The van der Waals surface area contributed by atoms with E-state index in [4.69, 9.17) is 4.42 Å². The number of oxazole rings is 1. The third-order valence-corrected chi connectivity index (χ3v) is 6.32. The Bertz CT molecular complexity index is 1210. The van der Waals surface area contributed by atoms with Crippen LogP contribution in [-0.4, -0.2) is 59.3 Å². The van der Waals surface area contributed by atoms with E-state index in [1.54, 1.807) is 18.2 Å². The minimum atomic E-state index is -0.528. The Morgan fingerprint density at radius 2 is 1.74 bits per heavy atom. The summed E-state index contributed by atoms with van der Waals surface area (Å²) in [6.45, 7) is 10.4. The van der Waals surface area contributed by atoms with Crippen LogP contribution in [0.5, 0.6) is 0 Å². The van der Waals surface area contributed by atoms with Crippen LogP contribution in [0.2, 0.25) is 0 Å². The Morgan fingerprint density at radius 1 is 1.03 bits per heavy atom. The summed E-state index contributed by atoms with van der Waals surface area (Å²) in [4.78, 5) is 43.0. The van der Waals surface area contributed by atoms with Crippen molar-refractivity contribution in [1.82, 2.24) is 20.1 Å². The molecule has 34 heavy (non-hydrogen) atoms. The molecule has 2 aromatic carbocycles. The number of amides is 2. The summed E-state index contributed by atoms with van der Waals surface area (Å²) < 4.78 is 5.04. The number of ketones is 1. The van der Waals surface area contributed by atoms with Crippen LogP contribution in [0.1, 0.15) is 48.7 Å². The van der Waals surface area contributed by atoms with Crippen molar-refractivity contribution in [3.8, 4) is 0 Å².